The number of nitrogen functional groups attached to an aromatic ring is 1. The van der Waals surface area contributed by atoms with Gasteiger partial charge in [0.15, 0.2) is 0 Å². The number of aromatic nitrogens is 2. The fourth-order valence-electron chi connectivity index (χ4n) is 3.61. The minimum Gasteiger partial charge on any atom is -0.396 e. The van der Waals surface area contributed by atoms with Crippen LogP contribution in [0.25, 0.3) is 6.08 Å². The Morgan fingerprint density at radius 2 is 2.10 bits per heavy atom. The van der Waals surface area contributed by atoms with E-state index in [-0.39, 0.29) is 11.8 Å². The van der Waals surface area contributed by atoms with Crippen LogP contribution in [-0.4, -0.2) is 32.8 Å². The van der Waals surface area contributed by atoms with Gasteiger partial charge in [-0.25, -0.2) is 4.98 Å². The Bertz CT molecular complexity index is 1070. The molecule has 8 heteroatoms. The number of thiophene rings is 1. The number of nitrogens with one attached hydrogen (secondary N) is 1. The summed E-state index contributed by atoms with van der Waals surface area (Å²) in [6.07, 6.45) is 10.7. The van der Waals surface area contributed by atoms with Gasteiger partial charge in [-0.3, -0.25) is 9.59 Å². The molecular formula is C23H25N5O2S. The normalized spacial score (nSPS) is 13.4. The van der Waals surface area contributed by atoms with Crippen LogP contribution in [0.1, 0.15) is 28.8 Å². The van der Waals surface area contributed by atoms with Crippen molar-refractivity contribution >= 4 is 39.9 Å². The van der Waals surface area contributed by atoms with Gasteiger partial charge in [-0.05, 0) is 30.0 Å². The number of imidazole rings is 1. The van der Waals surface area contributed by atoms with E-state index in [9.17, 15) is 9.59 Å². The lowest BCUT2D eigenvalue weighted by molar-refractivity contribution is -0.132. The van der Waals surface area contributed by atoms with Crippen molar-refractivity contribution in [3.63, 3.8) is 0 Å². The van der Waals surface area contributed by atoms with E-state index in [0.29, 0.717) is 36.6 Å². The summed E-state index contributed by atoms with van der Waals surface area (Å²) in [4.78, 5) is 31.9. The van der Waals surface area contributed by atoms with E-state index in [1.807, 2.05) is 46.0 Å². The third-order valence-corrected chi connectivity index (χ3v) is 6.43. The molecule has 31 heavy (non-hydrogen) atoms. The number of nitrogens with zero attached hydrogens (tertiary/aromatic N) is 3. The Morgan fingerprint density at radius 1 is 1.26 bits per heavy atom. The Labute approximate surface area is 185 Å². The molecule has 4 rings (SSSR count). The molecule has 0 radical (unpaired) electrons. The van der Waals surface area contributed by atoms with Crippen molar-refractivity contribution in [2.45, 2.75) is 32.4 Å². The van der Waals surface area contributed by atoms with Crippen LogP contribution in [0, 0.1) is 0 Å². The van der Waals surface area contributed by atoms with Gasteiger partial charge in [0.2, 0.25) is 11.8 Å². The molecule has 2 aromatic heterocycles. The zero-order valence-electron chi connectivity index (χ0n) is 17.2. The first-order valence-electron chi connectivity index (χ1n) is 10.3. The predicted octanol–water partition coefficient (Wildman–Crippen LogP) is 3.54. The van der Waals surface area contributed by atoms with E-state index >= 15 is 0 Å². The molecule has 7 nitrogen and oxygen atoms in total. The van der Waals surface area contributed by atoms with Crippen LogP contribution >= 0.6 is 11.3 Å². The maximum atomic E-state index is 12.6. The van der Waals surface area contributed by atoms with E-state index in [2.05, 4.69) is 10.3 Å². The molecule has 160 valence electrons. The van der Waals surface area contributed by atoms with Crippen LogP contribution in [0.15, 0.2) is 55.1 Å². The molecule has 0 fully saturated rings. The summed E-state index contributed by atoms with van der Waals surface area (Å²) in [5.74, 6) is -0.0734. The van der Waals surface area contributed by atoms with Gasteiger partial charge >= 0.3 is 0 Å². The highest BCUT2D eigenvalue weighted by Gasteiger charge is 2.26. The summed E-state index contributed by atoms with van der Waals surface area (Å²) < 4.78 is 1.97. The summed E-state index contributed by atoms with van der Waals surface area (Å²) in [7, 11) is 0. The van der Waals surface area contributed by atoms with Gasteiger partial charge in [-0.1, -0.05) is 30.3 Å². The molecule has 0 saturated carbocycles. The summed E-state index contributed by atoms with van der Waals surface area (Å²) in [6.45, 7) is 1.98. The van der Waals surface area contributed by atoms with E-state index < -0.39 is 0 Å². The molecule has 1 aliphatic rings. The minimum absolute atomic E-state index is 0.147. The predicted molar refractivity (Wildman–Crippen MR) is 123 cm³/mol. The van der Waals surface area contributed by atoms with Crippen LogP contribution < -0.4 is 11.1 Å². The number of nitrogens with two attached hydrogens (primary N) is 1. The summed E-state index contributed by atoms with van der Waals surface area (Å²) >= 11 is 1.46. The van der Waals surface area contributed by atoms with Crippen molar-refractivity contribution < 1.29 is 9.59 Å². The van der Waals surface area contributed by atoms with Crippen molar-refractivity contribution in [3.8, 4) is 0 Å². The van der Waals surface area contributed by atoms with Crippen LogP contribution in [0.5, 0.6) is 0 Å². The first-order valence-corrected chi connectivity index (χ1v) is 11.1. The maximum Gasteiger partial charge on any atom is 0.249 e. The number of fused-ring (bicyclic) bond motifs is 1. The van der Waals surface area contributed by atoms with Crippen molar-refractivity contribution in [1.29, 1.82) is 0 Å². The standard InChI is InChI=1S/C23H25N5O2S/c24-22-18-10-13-28(21(30)7-4-12-27-14-11-25-16-27)15-19(18)31-23(22)26-20(29)9-8-17-5-2-1-3-6-17/h1-3,5-6,8-9,11,14,16H,4,7,10,12-13,15,24H2,(H,26,29)/b9-8+. The third kappa shape index (κ3) is 5.21. The zero-order valence-corrected chi connectivity index (χ0v) is 18.0. The van der Waals surface area contributed by atoms with Crippen LogP contribution in [0.2, 0.25) is 0 Å². The number of hydrogen-bond donors (Lipinski definition) is 2. The van der Waals surface area contributed by atoms with Gasteiger partial charge in [-0.2, -0.15) is 0 Å². The van der Waals surface area contributed by atoms with Crippen LogP contribution in [-0.2, 0) is 29.1 Å². The molecule has 3 aromatic rings. The Kier molecular flexibility index (Phi) is 6.47. The second-order valence-corrected chi connectivity index (χ2v) is 8.55. The van der Waals surface area contributed by atoms with Gasteiger partial charge in [0.1, 0.15) is 5.00 Å². The number of benzene rings is 1. The SMILES string of the molecule is Nc1c(NC(=O)/C=C/c2ccccc2)sc2c1CCN(C(=O)CCCn1ccnc1)C2. The molecule has 0 bridgehead atoms. The summed E-state index contributed by atoms with van der Waals surface area (Å²) in [5, 5.41) is 3.54. The number of anilines is 2. The second-order valence-electron chi connectivity index (χ2n) is 7.45. The molecule has 0 saturated heterocycles. The van der Waals surface area contributed by atoms with Gasteiger partial charge in [0.25, 0.3) is 0 Å². The van der Waals surface area contributed by atoms with E-state index in [1.54, 1.807) is 18.6 Å². The number of rotatable bonds is 7. The van der Waals surface area contributed by atoms with Crippen molar-refractivity contribution in [3.05, 3.63) is 71.1 Å². The summed E-state index contributed by atoms with van der Waals surface area (Å²) in [6, 6.07) is 9.65. The van der Waals surface area contributed by atoms with Gasteiger partial charge < -0.3 is 20.5 Å². The van der Waals surface area contributed by atoms with Gasteiger partial charge in [0, 0.05) is 42.9 Å². The van der Waals surface area contributed by atoms with Crippen molar-refractivity contribution in [2.75, 3.05) is 17.6 Å². The average molecular weight is 436 g/mol. The Hall–Kier alpha value is -3.39. The molecule has 0 atom stereocenters. The second kappa shape index (κ2) is 9.61. The quantitative estimate of drug-likeness (QED) is 0.555. The average Bonchev–Trinajstić information content (AvgIpc) is 3.41. The highest BCUT2D eigenvalue weighted by molar-refractivity contribution is 7.17. The summed E-state index contributed by atoms with van der Waals surface area (Å²) in [5.41, 5.74) is 8.92. The fourth-order valence-corrected chi connectivity index (χ4v) is 4.80. The van der Waals surface area contributed by atoms with Crippen LogP contribution in [0.4, 0.5) is 10.7 Å². The van der Waals surface area contributed by atoms with E-state index in [0.717, 1.165) is 29.0 Å². The first-order chi connectivity index (χ1) is 15.1. The lowest BCUT2D eigenvalue weighted by Crippen LogP contribution is -2.35. The number of aryl methyl sites for hydroxylation is 1. The van der Waals surface area contributed by atoms with Crippen LogP contribution in [0.3, 0.4) is 0 Å². The monoisotopic (exact) mass is 435 g/mol. The molecule has 1 aliphatic heterocycles. The van der Waals surface area contributed by atoms with Gasteiger partial charge in [-0.15, -0.1) is 11.3 Å². The lowest BCUT2D eigenvalue weighted by atomic mass is 10.1. The molecule has 0 unspecified atom stereocenters. The number of carbonyl (C=O) groups is 2. The van der Waals surface area contributed by atoms with E-state index in [4.69, 9.17) is 5.73 Å². The zero-order chi connectivity index (χ0) is 21.6. The van der Waals surface area contributed by atoms with Crippen molar-refractivity contribution in [1.82, 2.24) is 14.5 Å². The Balaban J connectivity index is 1.33. The minimum atomic E-state index is -0.221. The van der Waals surface area contributed by atoms with E-state index in [1.165, 1.54) is 17.4 Å². The molecular weight excluding hydrogens is 410 g/mol. The maximum absolute atomic E-state index is 12.6. The molecule has 3 heterocycles. The Morgan fingerprint density at radius 3 is 2.87 bits per heavy atom. The molecule has 1 aromatic carbocycles. The highest BCUT2D eigenvalue weighted by atomic mass is 32.1. The third-order valence-electron chi connectivity index (χ3n) is 5.28. The lowest BCUT2D eigenvalue weighted by Gasteiger charge is -2.27. The molecule has 0 spiro atoms. The first kappa shape index (κ1) is 20.9. The number of hydrogen-bond acceptors (Lipinski definition) is 5. The largest absolute Gasteiger partial charge is 0.396 e. The van der Waals surface area contributed by atoms with Gasteiger partial charge in [0.05, 0.1) is 18.6 Å². The number of carbonyl (C=O) groups excluding carboxylic acids is 2. The molecule has 0 aliphatic carbocycles. The number of amides is 2. The topological polar surface area (TPSA) is 93.3 Å². The smallest absolute Gasteiger partial charge is 0.249 e. The highest BCUT2D eigenvalue weighted by Crippen LogP contribution is 2.39. The molecule has 2 amide bonds. The fraction of sp³-hybridized carbons (Fsp3) is 0.261. The molecule has 3 N–H and O–H groups in total. The van der Waals surface area contributed by atoms with Crippen molar-refractivity contribution in [2.24, 2.45) is 0 Å².